The molecule has 6 heteroatoms. The molecule has 20 aromatic rings. The lowest BCUT2D eigenvalue weighted by molar-refractivity contribution is 0.660. The van der Waals surface area contributed by atoms with E-state index in [1.165, 1.54) is 109 Å². The van der Waals surface area contributed by atoms with Crippen LogP contribution in [0, 0.1) is 0 Å². The van der Waals surface area contributed by atoms with Crippen molar-refractivity contribution in [3.8, 4) is 44.5 Å². The number of benzene rings is 17. The first-order valence-corrected chi connectivity index (χ1v) is 39.7. The summed E-state index contributed by atoms with van der Waals surface area (Å²) < 4.78 is 15.5. The Morgan fingerprint density at radius 1 is 0.248 bits per heavy atom. The van der Waals surface area contributed by atoms with Gasteiger partial charge in [0.15, 0.2) is 11.2 Å². The van der Waals surface area contributed by atoms with Gasteiger partial charge in [-0.2, -0.15) is 0 Å². The molecule has 0 saturated heterocycles. The molecule has 17 aromatic carbocycles. The minimum absolute atomic E-state index is 0.0282. The molecule has 3 aliphatic rings. The molecule has 113 heavy (non-hydrogen) atoms. The van der Waals surface area contributed by atoms with Crippen molar-refractivity contribution < 1.29 is 8.83 Å². The Bertz CT molecular complexity index is 6980. The Morgan fingerprint density at radius 2 is 0.646 bits per heavy atom. The van der Waals surface area contributed by atoms with Gasteiger partial charge in [0, 0.05) is 81.0 Å². The van der Waals surface area contributed by atoms with Crippen LogP contribution in [0.15, 0.2) is 409 Å². The predicted octanol–water partition coefficient (Wildman–Crippen LogP) is 29.2. The van der Waals surface area contributed by atoms with E-state index in [1.807, 2.05) is 29.5 Å². The number of nitrogens with one attached hydrogen (secondary N) is 3. The molecule has 0 fully saturated rings. The molecule has 3 N–H and O–H groups in total. The number of anilines is 6. The minimum atomic E-state index is -0.419. The van der Waals surface area contributed by atoms with Crippen molar-refractivity contribution in [1.82, 2.24) is 0 Å². The second kappa shape index (κ2) is 27.2. The number of rotatable bonds is 11. The first-order chi connectivity index (χ1) is 55.8. The maximum Gasteiger partial charge on any atom is 0.158 e. The maximum atomic E-state index is 6.56. The standard InChI is InChI=1S/C37H25NO.C37H25NS.C33H25NO/c1-3-12-25(13-4-1)37(26-14-5-2-6-15-26)32-19-9-7-16-28(32)29-23-22-27(24-33(29)37)38-34-20-11-18-31-30-17-8-10-21-35(30)39-36(31)34;1-3-13-25(14-4-1)37(26-15-5-2-6-16-26)29-19-9-7-17-27(29)35-30(37)20-11-21-31(35)38-32-22-12-24-34-36(32)28-18-8-10-23-33(28)39-34;1-33(2)28-16-7-6-12-24(28)25-19-18-22(20-29(25)33)34-30-17-9-15-27-26-14-8-13-23(31(26)35-32(27)30)21-10-4-3-5-11-21/h2*1-24,38H;3-20,34H,1-2H3. The summed E-state index contributed by atoms with van der Waals surface area (Å²) in [4.78, 5) is 0. The van der Waals surface area contributed by atoms with E-state index in [4.69, 9.17) is 8.83 Å². The van der Waals surface area contributed by atoms with Crippen LogP contribution in [-0.4, -0.2) is 0 Å². The van der Waals surface area contributed by atoms with E-state index in [0.29, 0.717) is 0 Å². The zero-order valence-electron chi connectivity index (χ0n) is 62.3. The normalized spacial score (nSPS) is 13.4. The topological polar surface area (TPSA) is 62.4 Å². The van der Waals surface area contributed by atoms with Gasteiger partial charge in [-0.05, 0) is 156 Å². The molecule has 0 radical (unpaired) electrons. The van der Waals surface area contributed by atoms with Crippen molar-refractivity contribution in [2.45, 2.75) is 30.1 Å². The van der Waals surface area contributed by atoms with E-state index < -0.39 is 10.8 Å². The molecule has 0 bridgehead atoms. The van der Waals surface area contributed by atoms with Crippen molar-refractivity contribution in [3.63, 3.8) is 0 Å². The van der Waals surface area contributed by atoms with Crippen LogP contribution in [0.25, 0.3) is 109 Å². The second-order valence-corrected chi connectivity index (χ2v) is 31.3. The lowest BCUT2D eigenvalue weighted by Gasteiger charge is -2.34. The molecule has 0 spiro atoms. The molecule has 3 heterocycles. The zero-order chi connectivity index (χ0) is 75.2. The SMILES string of the molecule is CC1(C)c2ccccc2-c2ccc(Nc3cccc4c3oc3c(-c5ccccc5)cccc34)cc21.c1ccc(C2(c3ccccc3)c3ccccc3-c3c(Nc4cccc5sc6ccccc6c45)cccc32)cc1.c1ccc(C2(c3ccccc3)c3ccccc3-c3ccc(Nc4cccc5c4oc4ccccc45)cc32)cc1. The highest BCUT2D eigenvalue weighted by Gasteiger charge is 2.48. The summed E-state index contributed by atoms with van der Waals surface area (Å²) in [6, 6.07) is 144. The third kappa shape index (κ3) is 10.8. The molecule has 0 aliphatic heterocycles. The molecular formula is C107H75N3O2S. The van der Waals surface area contributed by atoms with Gasteiger partial charge in [0.25, 0.3) is 0 Å². The molecule has 536 valence electrons. The fourth-order valence-electron chi connectivity index (χ4n) is 18.8. The van der Waals surface area contributed by atoms with E-state index >= 15 is 0 Å². The Hall–Kier alpha value is -14.0. The first-order valence-electron chi connectivity index (χ1n) is 38.9. The van der Waals surface area contributed by atoms with Crippen LogP contribution in [0.1, 0.15) is 69.5 Å². The molecule has 0 unspecified atom stereocenters. The smallest absolute Gasteiger partial charge is 0.158 e. The van der Waals surface area contributed by atoms with Crippen LogP contribution in [0.2, 0.25) is 0 Å². The monoisotopic (exact) mass is 1470 g/mol. The largest absolute Gasteiger partial charge is 0.454 e. The predicted molar refractivity (Wildman–Crippen MR) is 474 cm³/mol. The molecule has 3 aromatic heterocycles. The summed E-state index contributed by atoms with van der Waals surface area (Å²) in [6.07, 6.45) is 0. The van der Waals surface area contributed by atoms with E-state index in [2.05, 4.69) is 412 Å². The van der Waals surface area contributed by atoms with Crippen molar-refractivity contribution in [1.29, 1.82) is 0 Å². The van der Waals surface area contributed by atoms with Gasteiger partial charge in [-0.25, -0.2) is 0 Å². The van der Waals surface area contributed by atoms with Gasteiger partial charge in [-0.15, -0.1) is 11.3 Å². The quantitative estimate of drug-likeness (QED) is 0.120. The fraction of sp³-hybridized carbons (Fsp3) is 0.0467. The van der Waals surface area contributed by atoms with Crippen LogP contribution in [0.3, 0.4) is 0 Å². The van der Waals surface area contributed by atoms with Gasteiger partial charge in [0.05, 0.1) is 22.2 Å². The summed E-state index contributed by atoms with van der Waals surface area (Å²) in [7, 11) is 0. The van der Waals surface area contributed by atoms with E-state index in [-0.39, 0.29) is 5.41 Å². The number of para-hydroxylation sites is 4. The van der Waals surface area contributed by atoms with Gasteiger partial charge in [0.2, 0.25) is 0 Å². The Morgan fingerprint density at radius 3 is 1.28 bits per heavy atom. The highest BCUT2D eigenvalue weighted by Crippen LogP contribution is 2.60. The summed E-state index contributed by atoms with van der Waals surface area (Å²) >= 11 is 1.85. The molecule has 5 nitrogen and oxygen atoms in total. The van der Waals surface area contributed by atoms with Crippen LogP contribution >= 0.6 is 11.3 Å². The lowest BCUT2D eigenvalue weighted by Crippen LogP contribution is -2.28. The summed E-state index contributed by atoms with van der Waals surface area (Å²) in [5.41, 5.74) is 32.2. The van der Waals surface area contributed by atoms with Gasteiger partial charge < -0.3 is 24.8 Å². The number of thiophene rings is 1. The summed E-state index contributed by atoms with van der Waals surface area (Å²) in [5, 5.41) is 18.4. The van der Waals surface area contributed by atoms with E-state index in [0.717, 1.165) is 89.1 Å². The molecule has 3 aliphatic carbocycles. The van der Waals surface area contributed by atoms with Crippen molar-refractivity contribution >= 4 is 110 Å². The molecule has 0 amide bonds. The zero-order valence-corrected chi connectivity index (χ0v) is 63.1. The fourth-order valence-corrected chi connectivity index (χ4v) is 20.0. The minimum Gasteiger partial charge on any atom is -0.454 e. The summed E-state index contributed by atoms with van der Waals surface area (Å²) in [6.45, 7) is 4.62. The Labute approximate surface area is 660 Å². The van der Waals surface area contributed by atoms with Gasteiger partial charge >= 0.3 is 0 Å². The molecular weight excluding hydrogens is 1390 g/mol. The van der Waals surface area contributed by atoms with Crippen LogP contribution in [0.5, 0.6) is 0 Å². The number of fused-ring (bicyclic) bond motifs is 18. The number of hydrogen-bond acceptors (Lipinski definition) is 6. The third-order valence-corrected chi connectivity index (χ3v) is 24.9. The summed E-state index contributed by atoms with van der Waals surface area (Å²) in [5.74, 6) is 0. The van der Waals surface area contributed by atoms with Gasteiger partial charge in [0.1, 0.15) is 11.2 Å². The van der Waals surface area contributed by atoms with Crippen LogP contribution in [-0.2, 0) is 16.2 Å². The highest BCUT2D eigenvalue weighted by molar-refractivity contribution is 7.26. The molecule has 23 rings (SSSR count). The van der Waals surface area contributed by atoms with Crippen LogP contribution in [0.4, 0.5) is 34.1 Å². The van der Waals surface area contributed by atoms with Gasteiger partial charge in [-0.3, -0.25) is 0 Å². The average molecular weight is 1470 g/mol. The third-order valence-electron chi connectivity index (χ3n) is 23.8. The first kappa shape index (κ1) is 67.1. The Kier molecular flexibility index (Phi) is 16.2. The lowest BCUT2D eigenvalue weighted by atomic mass is 9.67. The second-order valence-electron chi connectivity index (χ2n) is 30.2. The molecule has 0 saturated carbocycles. The van der Waals surface area contributed by atoms with Crippen molar-refractivity contribution in [3.05, 3.63) is 456 Å². The van der Waals surface area contributed by atoms with Gasteiger partial charge in [-0.1, -0.05) is 347 Å². The van der Waals surface area contributed by atoms with E-state index in [1.54, 1.807) is 0 Å². The van der Waals surface area contributed by atoms with E-state index in [9.17, 15) is 0 Å². The van der Waals surface area contributed by atoms with Crippen molar-refractivity contribution in [2.75, 3.05) is 16.0 Å². The van der Waals surface area contributed by atoms with Crippen LogP contribution < -0.4 is 16.0 Å². The van der Waals surface area contributed by atoms with Crippen molar-refractivity contribution in [2.24, 2.45) is 0 Å². The Balaban J connectivity index is 0.000000107. The number of hydrogen-bond donors (Lipinski definition) is 3. The average Bonchev–Trinajstić information content (AvgIpc) is 1.56. The number of furan rings is 2. The highest BCUT2D eigenvalue weighted by atomic mass is 32.1. The maximum absolute atomic E-state index is 6.56. The molecule has 0 atom stereocenters.